The molecule has 33 heavy (non-hydrogen) atoms. The van der Waals surface area contributed by atoms with Crippen LogP contribution in [-0.2, 0) is 17.4 Å². The molecule has 3 heterocycles. The Kier molecular flexibility index (Phi) is 5.93. The molecular weight excluding hydrogens is 429 g/mol. The third-order valence-corrected chi connectivity index (χ3v) is 7.30. The number of rotatable bonds is 3. The van der Waals surface area contributed by atoms with E-state index < -0.39 is 17.7 Å². The molecule has 1 saturated carbocycles. The monoisotopic (exact) mass is 458 g/mol. The molecule has 2 aromatic rings. The van der Waals surface area contributed by atoms with Crippen LogP contribution in [0.5, 0.6) is 0 Å². The van der Waals surface area contributed by atoms with Crippen molar-refractivity contribution >= 4 is 17.4 Å². The van der Waals surface area contributed by atoms with Crippen LogP contribution in [0, 0.1) is 5.92 Å². The van der Waals surface area contributed by atoms with Gasteiger partial charge in [-0.25, -0.2) is 4.98 Å². The maximum atomic E-state index is 13.5. The van der Waals surface area contributed by atoms with Crippen LogP contribution in [0.15, 0.2) is 42.6 Å². The molecule has 2 aliphatic heterocycles. The smallest absolute Gasteiger partial charge is 0.364 e. The minimum Gasteiger partial charge on any atom is -0.364 e. The van der Waals surface area contributed by atoms with Crippen molar-refractivity contribution in [3.05, 3.63) is 53.7 Å². The SMILES string of the molecule is O=C(NC1CCCCC1)[C@@H]1Cc2cc(C(F)(F)F)ccc2N2CCN(c3ccccn3)C[C@@H]12. The van der Waals surface area contributed by atoms with Crippen molar-refractivity contribution in [2.75, 3.05) is 29.4 Å². The predicted molar refractivity (Wildman–Crippen MR) is 121 cm³/mol. The average molecular weight is 459 g/mol. The number of amides is 1. The zero-order valence-corrected chi connectivity index (χ0v) is 18.5. The number of alkyl halides is 3. The number of pyridine rings is 1. The summed E-state index contributed by atoms with van der Waals surface area (Å²) in [7, 11) is 0. The highest BCUT2D eigenvalue weighted by Crippen LogP contribution is 2.40. The van der Waals surface area contributed by atoms with E-state index in [1.807, 2.05) is 18.2 Å². The van der Waals surface area contributed by atoms with Crippen molar-refractivity contribution in [1.82, 2.24) is 10.3 Å². The summed E-state index contributed by atoms with van der Waals surface area (Å²) in [5.41, 5.74) is 0.768. The highest BCUT2D eigenvalue weighted by Gasteiger charge is 2.43. The molecule has 0 radical (unpaired) electrons. The molecule has 0 unspecified atom stereocenters. The third kappa shape index (κ3) is 4.52. The van der Waals surface area contributed by atoms with Crippen molar-refractivity contribution < 1.29 is 18.0 Å². The molecule has 1 saturated heterocycles. The van der Waals surface area contributed by atoms with Gasteiger partial charge in [0.15, 0.2) is 0 Å². The summed E-state index contributed by atoms with van der Waals surface area (Å²) >= 11 is 0. The van der Waals surface area contributed by atoms with Gasteiger partial charge in [0, 0.05) is 37.6 Å². The maximum absolute atomic E-state index is 13.5. The van der Waals surface area contributed by atoms with Gasteiger partial charge in [-0.05, 0) is 55.2 Å². The fourth-order valence-corrected chi connectivity index (χ4v) is 5.60. The summed E-state index contributed by atoms with van der Waals surface area (Å²) < 4.78 is 40.2. The molecule has 1 aromatic carbocycles. The first kappa shape index (κ1) is 22.0. The molecule has 1 N–H and O–H groups in total. The van der Waals surface area contributed by atoms with Crippen LogP contribution in [-0.4, -0.2) is 42.6 Å². The van der Waals surface area contributed by atoms with Crippen LogP contribution in [0.25, 0.3) is 0 Å². The van der Waals surface area contributed by atoms with Gasteiger partial charge >= 0.3 is 6.18 Å². The second-order valence-corrected chi connectivity index (χ2v) is 9.39. The average Bonchev–Trinajstić information content (AvgIpc) is 2.83. The Labute approximate surface area is 192 Å². The summed E-state index contributed by atoms with van der Waals surface area (Å²) in [6.07, 6.45) is 3.03. The van der Waals surface area contributed by atoms with Crippen LogP contribution in [0.4, 0.5) is 24.7 Å². The fourth-order valence-electron chi connectivity index (χ4n) is 5.60. The van der Waals surface area contributed by atoms with Gasteiger partial charge < -0.3 is 15.1 Å². The second kappa shape index (κ2) is 8.88. The number of fused-ring (bicyclic) bond motifs is 3. The maximum Gasteiger partial charge on any atom is 0.416 e. The minimum atomic E-state index is -4.40. The van der Waals surface area contributed by atoms with E-state index in [0.717, 1.165) is 43.3 Å². The van der Waals surface area contributed by atoms with Crippen LogP contribution in [0.2, 0.25) is 0 Å². The predicted octanol–water partition coefficient (Wildman–Crippen LogP) is 4.42. The number of benzene rings is 1. The van der Waals surface area contributed by atoms with E-state index in [4.69, 9.17) is 0 Å². The summed E-state index contributed by atoms with van der Waals surface area (Å²) in [4.78, 5) is 22.3. The number of hydrogen-bond acceptors (Lipinski definition) is 4. The van der Waals surface area contributed by atoms with Gasteiger partial charge in [-0.15, -0.1) is 0 Å². The largest absolute Gasteiger partial charge is 0.416 e. The molecule has 2 fully saturated rings. The van der Waals surface area contributed by atoms with E-state index >= 15 is 0 Å². The lowest BCUT2D eigenvalue weighted by atomic mass is 9.82. The van der Waals surface area contributed by atoms with Crippen LogP contribution in [0.1, 0.15) is 43.2 Å². The zero-order valence-electron chi connectivity index (χ0n) is 18.5. The third-order valence-electron chi connectivity index (χ3n) is 7.30. The van der Waals surface area contributed by atoms with E-state index in [2.05, 4.69) is 20.1 Å². The first-order chi connectivity index (χ1) is 15.9. The Bertz CT molecular complexity index is 991. The molecule has 2 atom stereocenters. The highest BCUT2D eigenvalue weighted by molar-refractivity contribution is 5.82. The van der Waals surface area contributed by atoms with E-state index in [1.165, 1.54) is 12.5 Å². The Balaban J connectivity index is 1.45. The van der Waals surface area contributed by atoms with Gasteiger partial charge in [-0.3, -0.25) is 4.79 Å². The first-order valence-electron chi connectivity index (χ1n) is 11.8. The van der Waals surface area contributed by atoms with Crippen molar-refractivity contribution in [1.29, 1.82) is 0 Å². The Morgan fingerprint density at radius 3 is 2.61 bits per heavy atom. The van der Waals surface area contributed by atoms with Gasteiger partial charge in [0.05, 0.1) is 17.5 Å². The Morgan fingerprint density at radius 1 is 1.06 bits per heavy atom. The number of piperazine rings is 1. The lowest BCUT2D eigenvalue weighted by molar-refractivity contribution is -0.137. The van der Waals surface area contributed by atoms with Crippen molar-refractivity contribution in [2.24, 2.45) is 5.92 Å². The molecule has 0 spiro atoms. The molecule has 8 heteroatoms. The number of halogens is 3. The van der Waals surface area contributed by atoms with Crippen LogP contribution < -0.4 is 15.1 Å². The normalized spacial score (nSPS) is 23.6. The number of anilines is 2. The van der Waals surface area contributed by atoms with E-state index in [1.54, 1.807) is 12.3 Å². The highest BCUT2D eigenvalue weighted by atomic mass is 19.4. The number of carbonyl (C=O) groups is 1. The number of carbonyl (C=O) groups excluding carboxylic acids is 1. The summed E-state index contributed by atoms with van der Waals surface area (Å²) in [6.45, 7) is 1.94. The summed E-state index contributed by atoms with van der Waals surface area (Å²) in [5.74, 6) is 0.416. The number of nitrogens with zero attached hydrogens (tertiary/aromatic N) is 3. The van der Waals surface area contributed by atoms with Crippen LogP contribution >= 0.6 is 0 Å². The molecule has 5 nitrogen and oxygen atoms in total. The number of hydrogen-bond donors (Lipinski definition) is 1. The molecule has 0 bridgehead atoms. The molecule has 3 aliphatic rings. The van der Waals surface area contributed by atoms with E-state index in [-0.39, 0.29) is 18.0 Å². The Hall–Kier alpha value is -2.77. The van der Waals surface area contributed by atoms with Gasteiger partial charge in [-0.1, -0.05) is 25.3 Å². The molecule has 176 valence electrons. The van der Waals surface area contributed by atoms with E-state index in [9.17, 15) is 18.0 Å². The minimum absolute atomic E-state index is 0.0390. The van der Waals surface area contributed by atoms with Crippen LogP contribution in [0.3, 0.4) is 0 Å². The van der Waals surface area contributed by atoms with Gasteiger partial charge in [0.1, 0.15) is 5.82 Å². The first-order valence-corrected chi connectivity index (χ1v) is 11.8. The lowest BCUT2D eigenvalue weighted by Crippen LogP contribution is -2.62. The molecule has 1 aromatic heterocycles. The van der Waals surface area contributed by atoms with Crippen molar-refractivity contribution in [3.63, 3.8) is 0 Å². The van der Waals surface area contributed by atoms with Gasteiger partial charge in [-0.2, -0.15) is 13.2 Å². The van der Waals surface area contributed by atoms with Crippen molar-refractivity contribution in [2.45, 2.75) is 56.8 Å². The molecule has 1 aliphatic carbocycles. The van der Waals surface area contributed by atoms with Gasteiger partial charge in [0.2, 0.25) is 5.91 Å². The molecular formula is C25H29F3N4O. The fraction of sp³-hybridized carbons (Fsp3) is 0.520. The topological polar surface area (TPSA) is 48.5 Å². The Morgan fingerprint density at radius 2 is 1.88 bits per heavy atom. The quantitative estimate of drug-likeness (QED) is 0.740. The summed E-state index contributed by atoms with van der Waals surface area (Å²) in [6, 6.07) is 9.79. The standard InChI is InChI=1S/C25H29F3N4O/c26-25(27,28)18-9-10-21-17(14-18)15-20(24(33)30-19-6-2-1-3-7-19)22-16-31(12-13-32(21)22)23-8-4-5-11-29-23/h4-5,8-11,14,19-20,22H,1-3,6-7,12-13,15-16H2,(H,30,33)/t20-,22+/m1/s1. The zero-order chi connectivity index (χ0) is 23.0. The lowest BCUT2D eigenvalue weighted by Gasteiger charge is -2.49. The molecule has 5 rings (SSSR count). The number of nitrogens with one attached hydrogen (secondary N) is 1. The summed E-state index contributed by atoms with van der Waals surface area (Å²) in [5, 5.41) is 3.23. The molecule has 1 amide bonds. The van der Waals surface area contributed by atoms with Crippen molar-refractivity contribution in [3.8, 4) is 0 Å². The number of aromatic nitrogens is 1. The second-order valence-electron chi connectivity index (χ2n) is 9.39. The van der Waals surface area contributed by atoms with Gasteiger partial charge in [0.25, 0.3) is 0 Å². The van der Waals surface area contributed by atoms with E-state index in [0.29, 0.717) is 31.6 Å².